The molecule has 0 aliphatic carbocycles. The number of anilines is 1. The Morgan fingerprint density at radius 1 is 1.14 bits per heavy atom. The molecule has 9 heteroatoms. The Bertz CT molecular complexity index is 742. The molecule has 3 unspecified atom stereocenters. The van der Waals surface area contributed by atoms with Crippen molar-refractivity contribution < 1.29 is 19.1 Å². The van der Waals surface area contributed by atoms with Gasteiger partial charge in [-0.15, -0.1) is 0 Å². The highest BCUT2D eigenvalue weighted by atomic mass is 16.5. The predicted octanol–water partition coefficient (Wildman–Crippen LogP) is 0.329. The molecule has 1 aromatic rings. The van der Waals surface area contributed by atoms with Gasteiger partial charge in [-0.05, 0) is 30.7 Å². The maximum Gasteiger partial charge on any atom is 0.327 e. The lowest BCUT2D eigenvalue weighted by molar-refractivity contribution is -0.139. The summed E-state index contributed by atoms with van der Waals surface area (Å²) in [5, 5.41) is 3.51. The SMILES string of the molecule is COCCN1C(=O)C2C(NC3N(c4ccc(OC)cc4)CCCN23)N(C)C1=O. The smallest absolute Gasteiger partial charge is 0.327 e. The second-order valence-electron chi connectivity index (χ2n) is 7.29. The van der Waals surface area contributed by atoms with Crippen LogP contribution in [0.1, 0.15) is 6.42 Å². The first-order valence-electron chi connectivity index (χ1n) is 9.56. The number of ether oxygens (including phenoxy) is 2. The Balaban J connectivity index is 1.60. The number of hydrogen-bond acceptors (Lipinski definition) is 7. The first-order valence-corrected chi connectivity index (χ1v) is 9.56. The van der Waals surface area contributed by atoms with Crippen LogP contribution in [0.3, 0.4) is 0 Å². The summed E-state index contributed by atoms with van der Waals surface area (Å²) in [4.78, 5) is 33.2. The largest absolute Gasteiger partial charge is 0.497 e. The van der Waals surface area contributed by atoms with E-state index in [0.717, 1.165) is 30.9 Å². The standard InChI is InChI=1S/C19H27N5O4/c1-21-16-15(17(25)24(19(21)26)11-12-27-2)23-10-4-9-22(18(23)20-16)13-5-7-14(28-3)8-6-13/h5-8,15-16,18,20H,4,9-12H2,1-3H3. The molecule has 3 amide bonds. The second-order valence-corrected chi connectivity index (χ2v) is 7.29. The van der Waals surface area contributed by atoms with Gasteiger partial charge in [-0.1, -0.05) is 0 Å². The lowest BCUT2D eigenvalue weighted by atomic mass is 10.1. The van der Waals surface area contributed by atoms with Crippen LogP contribution in [0.25, 0.3) is 0 Å². The van der Waals surface area contributed by atoms with Crippen LogP contribution in [0, 0.1) is 0 Å². The van der Waals surface area contributed by atoms with Gasteiger partial charge in [0.15, 0.2) is 0 Å². The van der Waals surface area contributed by atoms with Crippen LogP contribution < -0.4 is 15.0 Å². The molecular weight excluding hydrogens is 362 g/mol. The number of likely N-dealkylation sites (N-methyl/N-ethyl adjacent to an activating group) is 1. The Morgan fingerprint density at radius 2 is 1.89 bits per heavy atom. The number of amides is 3. The number of benzene rings is 1. The number of fused-ring (bicyclic) bond motifs is 3. The van der Waals surface area contributed by atoms with Crippen LogP contribution in [0.2, 0.25) is 0 Å². The van der Waals surface area contributed by atoms with Crippen molar-refractivity contribution in [3.8, 4) is 5.75 Å². The van der Waals surface area contributed by atoms with E-state index in [1.165, 1.54) is 4.90 Å². The van der Waals surface area contributed by atoms with Gasteiger partial charge in [0.05, 0.1) is 20.3 Å². The van der Waals surface area contributed by atoms with E-state index in [0.29, 0.717) is 6.61 Å². The minimum atomic E-state index is -0.398. The van der Waals surface area contributed by atoms with Gasteiger partial charge in [-0.3, -0.25) is 19.9 Å². The summed E-state index contributed by atoms with van der Waals surface area (Å²) in [7, 11) is 4.96. The first-order chi connectivity index (χ1) is 13.6. The van der Waals surface area contributed by atoms with E-state index < -0.39 is 6.04 Å². The van der Waals surface area contributed by atoms with E-state index in [1.807, 2.05) is 24.3 Å². The molecule has 1 aromatic carbocycles. The lowest BCUT2D eigenvalue weighted by Gasteiger charge is -2.43. The Kier molecular flexibility index (Phi) is 5.13. The molecule has 4 rings (SSSR count). The molecule has 3 fully saturated rings. The van der Waals surface area contributed by atoms with E-state index in [2.05, 4.69) is 15.1 Å². The lowest BCUT2D eigenvalue weighted by Crippen LogP contribution is -2.66. The van der Waals surface area contributed by atoms with Crippen molar-refractivity contribution >= 4 is 17.6 Å². The average molecular weight is 389 g/mol. The number of carbonyl (C=O) groups excluding carboxylic acids is 2. The Labute approximate surface area is 164 Å². The fourth-order valence-electron chi connectivity index (χ4n) is 4.35. The topological polar surface area (TPSA) is 77.6 Å². The molecule has 3 saturated heterocycles. The van der Waals surface area contributed by atoms with Crippen molar-refractivity contribution in [2.75, 3.05) is 52.4 Å². The molecule has 0 saturated carbocycles. The highest BCUT2D eigenvalue weighted by Crippen LogP contribution is 2.33. The zero-order chi connectivity index (χ0) is 19.8. The van der Waals surface area contributed by atoms with Crippen molar-refractivity contribution in [2.45, 2.75) is 24.9 Å². The number of hydrogen-bond donors (Lipinski definition) is 1. The van der Waals surface area contributed by atoms with Gasteiger partial charge in [-0.2, -0.15) is 0 Å². The molecule has 152 valence electrons. The molecule has 3 atom stereocenters. The summed E-state index contributed by atoms with van der Waals surface area (Å²) < 4.78 is 10.3. The molecule has 0 bridgehead atoms. The van der Waals surface area contributed by atoms with Crippen LogP contribution in [-0.4, -0.2) is 92.6 Å². The number of nitrogens with one attached hydrogen (secondary N) is 1. The molecular formula is C19H27N5O4. The minimum absolute atomic E-state index is 0.140. The number of imide groups is 1. The zero-order valence-electron chi connectivity index (χ0n) is 16.5. The van der Waals surface area contributed by atoms with E-state index in [-0.39, 0.29) is 30.9 Å². The first kappa shape index (κ1) is 19.0. The maximum absolute atomic E-state index is 13.2. The van der Waals surface area contributed by atoms with Crippen LogP contribution in [0.5, 0.6) is 5.75 Å². The summed E-state index contributed by atoms with van der Waals surface area (Å²) in [5.41, 5.74) is 1.05. The van der Waals surface area contributed by atoms with Gasteiger partial charge >= 0.3 is 6.03 Å². The summed E-state index contributed by atoms with van der Waals surface area (Å²) in [6.45, 7) is 2.27. The summed E-state index contributed by atoms with van der Waals surface area (Å²) in [6.07, 6.45) is 0.456. The molecule has 3 aliphatic rings. The maximum atomic E-state index is 13.2. The van der Waals surface area contributed by atoms with Gasteiger partial charge < -0.3 is 19.3 Å². The molecule has 3 heterocycles. The quantitative estimate of drug-likeness (QED) is 0.778. The van der Waals surface area contributed by atoms with E-state index in [1.54, 1.807) is 26.2 Å². The van der Waals surface area contributed by atoms with Gasteiger partial charge in [-0.25, -0.2) is 4.79 Å². The summed E-state index contributed by atoms with van der Waals surface area (Å²) >= 11 is 0. The fraction of sp³-hybridized carbons (Fsp3) is 0.579. The minimum Gasteiger partial charge on any atom is -0.497 e. The number of methoxy groups -OCH3 is 2. The van der Waals surface area contributed by atoms with Gasteiger partial charge in [0.1, 0.15) is 24.2 Å². The van der Waals surface area contributed by atoms with Crippen molar-refractivity contribution in [1.82, 2.24) is 20.0 Å². The summed E-state index contributed by atoms with van der Waals surface area (Å²) in [5.74, 6) is 0.650. The molecule has 3 aliphatic heterocycles. The van der Waals surface area contributed by atoms with Crippen LogP contribution in [0.4, 0.5) is 10.5 Å². The molecule has 28 heavy (non-hydrogen) atoms. The number of carbonyl (C=O) groups is 2. The number of rotatable bonds is 5. The average Bonchev–Trinajstić information content (AvgIpc) is 3.12. The third-order valence-corrected chi connectivity index (χ3v) is 5.79. The van der Waals surface area contributed by atoms with Crippen molar-refractivity contribution in [2.24, 2.45) is 0 Å². The summed E-state index contributed by atoms with van der Waals surface area (Å²) in [6, 6.07) is 7.23. The highest BCUT2D eigenvalue weighted by molar-refractivity contribution is 6.00. The van der Waals surface area contributed by atoms with Crippen LogP contribution >= 0.6 is 0 Å². The van der Waals surface area contributed by atoms with Gasteiger partial charge in [0.2, 0.25) is 0 Å². The predicted molar refractivity (Wildman–Crippen MR) is 103 cm³/mol. The Hall–Kier alpha value is -2.36. The number of nitrogens with zero attached hydrogens (tertiary/aromatic N) is 4. The van der Waals surface area contributed by atoms with Crippen molar-refractivity contribution in [3.63, 3.8) is 0 Å². The third-order valence-electron chi connectivity index (χ3n) is 5.79. The molecule has 0 radical (unpaired) electrons. The normalized spacial score (nSPS) is 27.8. The monoisotopic (exact) mass is 389 g/mol. The van der Waals surface area contributed by atoms with E-state index in [4.69, 9.17) is 9.47 Å². The fourth-order valence-corrected chi connectivity index (χ4v) is 4.35. The van der Waals surface area contributed by atoms with Crippen molar-refractivity contribution in [3.05, 3.63) is 24.3 Å². The zero-order valence-corrected chi connectivity index (χ0v) is 16.5. The molecule has 9 nitrogen and oxygen atoms in total. The third kappa shape index (κ3) is 2.99. The van der Waals surface area contributed by atoms with Gasteiger partial charge in [0.25, 0.3) is 5.91 Å². The highest BCUT2D eigenvalue weighted by Gasteiger charge is 2.55. The molecule has 1 N–H and O–H groups in total. The van der Waals surface area contributed by atoms with Crippen molar-refractivity contribution in [1.29, 1.82) is 0 Å². The van der Waals surface area contributed by atoms with E-state index in [9.17, 15) is 9.59 Å². The number of urea groups is 1. The second kappa shape index (κ2) is 7.57. The Morgan fingerprint density at radius 3 is 2.57 bits per heavy atom. The van der Waals surface area contributed by atoms with Crippen LogP contribution in [0.15, 0.2) is 24.3 Å². The van der Waals surface area contributed by atoms with Crippen LogP contribution in [-0.2, 0) is 9.53 Å². The molecule has 0 aromatic heterocycles. The molecule has 0 spiro atoms. The van der Waals surface area contributed by atoms with E-state index >= 15 is 0 Å². The van der Waals surface area contributed by atoms with Gasteiger partial charge in [0, 0.05) is 32.9 Å².